The number of hydrogen-bond donors (Lipinski definition) is 1. The van der Waals surface area contributed by atoms with Crippen LogP contribution in [0.3, 0.4) is 0 Å². The van der Waals surface area contributed by atoms with Gasteiger partial charge in [-0.3, -0.25) is 19.6 Å². The average Bonchev–Trinajstić information content (AvgIpc) is 3.16. The minimum Gasteiger partial charge on any atom is -0.279 e. The molecule has 1 heterocycles. The van der Waals surface area contributed by atoms with Crippen molar-refractivity contribution < 1.29 is 13.3 Å². The summed E-state index contributed by atoms with van der Waals surface area (Å²) in [5.74, 6) is 0. The Bertz CT molecular complexity index is 1730. The van der Waals surface area contributed by atoms with Crippen LogP contribution in [-0.4, -0.2) is 22.7 Å². The first-order chi connectivity index (χ1) is 16.9. The summed E-state index contributed by atoms with van der Waals surface area (Å²) >= 11 is 0. The maximum Gasteiger partial charge on any atom is 0.289 e. The van der Waals surface area contributed by atoms with E-state index >= 15 is 0 Å². The van der Waals surface area contributed by atoms with Crippen molar-refractivity contribution in [1.82, 2.24) is 9.36 Å². The highest BCUT2D eigenvalue weighted by atomic mass is 32.2. The van der Waals surface area contributed by atoms with E-state index in [4.69, 9.17) is 0 Å². The number of benzene rings is 4. The summed E-state index contributed by atoms with van der Waals surface area (Å²) in [6.45, 7) is 0. The molecule has 0 saturated carbocycles. The second kappa shape index (κ2) is 8.58. The van der Waals surface area contributed by atoms with E-state index in [1.165, 1.54) is 28.9 Å². The minimum atomic E-state index is -4.29. The number of hydrogen-bond acceptors (Lipinski definition) is 5. The van der Waals surface area contributed by atoms with Crippen LogP contribution in [0.5, 0.6) is 0 Å². The first-order valence-electron chi connectivity index (χ1n) is 10.5. The second-order valence-electron chi connectivity index (χ2n) is 7.66. The number of para-hydroxylation sites is 3. The largest absolute Gasteiger partial charge is 0.289 e. The van der Waals surface area contributed by atoms with Crippen LogP contribution in [0, 0.1) is 10.1 Å². The van der Waals surface area contributed by atoms with Gasteiger partial charge in [0, 0.05) is 11.8 Å². The number of nitrogens with zero attached hydrogens (tertiary/aromatic N) is 3. The van der Waals surface area contributed by atoms with Crippen LogP contribution >= 0.6 is 0 Å². The summed E-state index contributed by atoms with van der Waals surface area (Å²) in [4.78, 5) is 23.6. The Hall–Kier alpha value is -4.70. The van der Waals surface area contributed by atoms with Gasteiger partial charge in [0.05, 0.1) is 27.2 Å². The van der Waals surface area contributed by atoms with E-state index in [0.29, 0.717) is 11.2 Å². The fourth-order valence-corrected chi connectivity index (χ4v) is 5.16. The third-order valence-corrected chi connectivity index (χ3v) is 6.88. The third kappa shape index (κ3) is 3.96. The van der Waals surface area contributed by atoms with Crippen molar-refractivity contribution in [2.45, 2.75) is 4.90 Å². The molecule has 0 unspecified atom stereocenters. The Morgan fingerprint density at radius 1 is 0.743 bits per heavy atom. The van der Waals surface area contributed by atoms with Crippen molar-refractivity contribution in [3.05, 3.63) is 124 Å². The van der Waals surface area contributed by atoms with Crippen LogP contribution < -0.4 is 10.3 Å². The third-order valence-electron chi connectivity index (χ3n) is 5.45. The molecular formula is C25H18N4O5S. The quantitative estimate of drug-likeness (QED) is 0.280. The van der Waals surface area contributed by atoms with Gasteiger partial charge in [-0.05, 0) is 48.5 Å². The molecule has 0 bridgehead atoms. The maximum absolute atomic E-state index is 13.5. The number of nitrogens with one attached hydrogen (secondary N) is 1. The molecule has 174 valence electrons. The second-order valence-corrected chi connectivity index (χ2v) is 9.31. The number of anilines is 1. The molecule has 0 aliphatic rings. The molecular weight excluding hydrogens is 468 g/mol. The fourth-order valence-electron chi connectivity index (χ4n) is 3.94. The normalized spacial score (nSPS) is 11.4. The zero-order valence-electron chi connectivity index (χ0n) is 18.1. The average molecular weight is 487 g/mol. The van der Waals surface area contributed by atoms with E-state index < -0.39 is 25.5 Å². The van der Waals surface area contributed by atoms with E-state index in [1.54, 1.807) is 22.9 Å². The Morgan fingerprint density at radius 2 is 1.31 bits per heavy atom. The van der Waals surface area contributed by atoms with Crippen molar-refractivity contribution in [3.8, 4) is 11.4 Å². The monoisotopic (exact) mass is 486 g/mol. The summed E-state index contributed by atoms with van der Waals surface area (Å²) in [5.41, 5.74) is 1.18. The van der Waals surface area contributed by atoms with Crippen molar-refractivity contribution in [3.63, 3.8) is 0 Å². The van der Waals surface area contributed by atoms with Gasteiger partial charge in [-0.1, -0.05) is 48.5 Å². The molecule has 10 heteroatoms. The SMILES string of the molecule is O=c1c2cc(NS(=O)(=O)c3ccccc3[N+](=O)[O-])ccc2n(-c2ccccc2)n1-c1ccccc1. The predicted octanol–water partition coefficient (Wildman–Crippen LogP) is 4.49. The Kier molecular flexibility index (Phi) is 5.42. The highest BCUT2D eigenvalue weighted by molar-refractivity contribution is 7.92. The van der Waals surface area contributed by atoms with Gasteiger partial charge in [0.2, 0.25) is 0 Å². The van der Waals surface area contributed by atoms with Crippen molar-refractivity contribution in [2.75, 3.05) is 4.72 Å². The highest BCUT2D eigenvalue weighted by Gasteiger charge is 2.26. The lowest BCUT2D eigenvalue weighted by Crippen LogP contribution is -2.20. The number of fused-ring (bicyclic) bond motifs is 1. The van der Waals surface area contributed by atoms with E-state index in [9.17, 15) is 23.3 Å². The molecule has 4 aromatic carbocycles. The molecule has 0 aliphatic heterocycles. The highest BCUT2D eigenvalue weighted by Crippen LogP contribution is 2.27. The molecule has 5 rings (SSSR count). The summed E-state index contributed by atoms with van der Waals surface area (Å²) in [7, 11) is -4.29. The van der Waals surface area contributed by atoms with Crippen LogP contribution in [0.4, 0.5) is 11.4 Å². The van der Waals surface area contributed by atoms with Gasteiger partial charge in [-0.2, -0.15) is 0 Å². The van der Waals surface area contributed by atoms with Crippen LogP contribution in [-0.2, 0) is 10.0 Å². The lowest BCUT2D eigenvalue weighted by molar-refractivity contribution is -0.387. The molecule has 0 radical (unpaired) electrons. The van der Waals surface area contributed by atoms with E-state index in [2.05, 4.69) is 4.72 Å². The predicted molar refractivity (Wildman–Crippen MR) is 133 cm³/mol. The lowest BCUT2D eigenvalue weighted by atomic mass is 10.2. The summed E-state index contributed by atoms with van der Waals surface area (Å²) in [6.07, 6.45) is 0. The van der Waals surface area contributed by atoms with Crippen LogP contribution in [0.15, 0.2) is 113 Å². The Morgan fingerprint density at radius 3 is 1.94 bits per heavy atom. The smallest absolute Gasteiger partial charge is 0.279 e. The first-order valence-corrected chi connectivity index (χ1v) is 12.0. The van der Waals surface area contributed by atoms with Gasteiger partial charge in [0.15, 0.2) is 4.90 Å². The topological polar surface area (TPSA) is 116 Å². The molecule has 5 aromatic rings. The zero-order chi connectivity index (χ0) is 24.6. The number of rotatable bonds is 6. The van der Waals surface area contributed by atoms with Crippen molar-refractivity contribution in [1.29, 1.82) is 0 Å². The molecule has 0 spiro atoms. The summed E-state index contributed by atoms with van der Waals surface area (Å²) < 4.78 is 31.6. The van der Waals surface area contributed by atoms with E-state index in [1.807, 2.05) is 48.5 Å². The molecule has 0 atom stereocenters. The Labute approximate surface area is 199 Å². The number of nitro benzene ring substituents is 1. The summed E-state index contributed by atoms with van der Waals surface area (Å²) in [6, 6.07) is 28.1. The molecule has 1 N–H and O–H groups in total. The molecule has 1 aromatic heterocycles. The van der Waals surface area contributed by atoms with Gasteiger partial charge in [0.25, 0.3) is 21.3 Å². The number of nitro groups is 1. The number of sulfonamides is 1. The van der Waals surface area contributed by atoms with Crippen LogP contribution in [0.25, 0.3) is 22.3 Å². The molecule has 0 aliphatic carbocycles. The van der Waals surface area contributed by atoms with E-state index in [0.717, 1.165) is 17.8 Å². The minimum absolute atomic E-state index is 0.109. The first kappa shape index (κ1) is 22.1. The number of aromatic nitrogens is 2. The van der Waals surface area contributed by atoms with Crippen LogP contribution in [0.1, 0.15) is 0 Å². The summed E-state index contributed by atoms with van der Waals surface area (Å²) in [5, 5.41) is 11.6. The molecule has 0 fully saturated rings. The van der Waals surface area contributed by atoms with Gasteiger partial charge >= 0.3 is 0 Å². The lowest BCUT2D eigenvalue weighted by Gasteiger charge is -2.13. The van der Waals surface area contributed by atoms with Crippen molar-refractivity contribution >= 4 is 32.3 Å². The van der Waals surface area contributed by atoms with Gasteiger partial charge < -0.3 is 0 Å². The molecule has 0 saturated heterocycles. The zero-order valence-corrected chi connectivity index (χ0v) is 18.9. The van der Waals surface area contributed by atoms with Gasteiger partial charge in [0.1, 0.15) is 0 Å². The van der Waals surface area contributed by atoms with Crippen molar-refractivity contribution in [2.24, 2.45) is 0 Å². The van der Waals surface area contributed by atoms with E-state index in [-0.39, 0.29) is 16.6 Å². The molecule has 35 heavy (non-hydrogen) atoms. The molecule has 0 amide bonds. The van der Waals surface area contributed by atoms with Gasteiger partial charge in [-0.25, -0.2) is 17.8 Å². The Balaban J connectivity index is 1.67. The van der Waals surface area contributed by atoms with Crippen LogP contribution in [0.2, 0.25) is 0 Å². The fraction of sp³-hybridized carbons (Fsp3) is 0. The standard InChI is InChI=1S/C25H18N4O5S/c30-25-21-17-18(26-35(33,34)24-14-8-7-13-23(24)29(31)32)15-16-22(21)27(19-9-3-1-4-10-19)28(25)20-11-5-2-6-12-20/h1-17,26H. The maximum atomic E-state index is 13.5. The van der Waals surface area contributed by atoms with Gasteiger partial charge in [-0.15, -0.1) is 0 Å². The molecule has 9 nitrogen and oxygen atoms in total.